The molecule has 1 saturated carbocycles. The lowest BCUT2D eigenvalue weighted by molar-refractivity contribution is 0.0264. The van der Waals surface area contributed by atoms with Crippen molar-refractivity contribution in [2.75, 3.05) is 33.4 Å². The quantitative estimate of drug-likeness (QED) is 0.835. The molecule has 0 spiro atoms. The molecular formula is C19H30N2O3. The van der Waals surface area contributed by atoms with Crippen molar-refractivity contribution in [2.45, 2.75) is 50.7 Å². The molecule has 1 saturated heterocycles. The van der Waals surface area contributed by atoms with E-state index in [9.17, 15) is 10.2 Å². The van der Waals surface area contributed by atoms with Gasteiger partial charge in [-0.15, -0.1) is 0 Å². The van der Waals surface area contributed by atoms with Gasteiger partial charge in [-0.2, -0.15) is 0 Å². The van der Waals surface area contributed by atoms with E-state index in [-0.39, 0.29) is 6.61 Å². The SMILES string of the molecule is COc1ccc(O)c(CN2CCN(C3CCCC3)C(CCO)C2)c1. The summed E-state index contributed by atoms with van der Waals surface area (Å²) in [6.07, 6.45) is 6.12. The highest BCUT2D eigenvalue weighted by Gasteiger charge is 2.33. The van der Waals surface area contributed by atoms with Crippen LogP contribution in [-0.2, 0) is 6.54 Å². The highest BCUT2D eigenvalue weighted by atomic mass is 16.5. The maximum Gasteiger partial charge on any atom is 0.120 e. The molecular weight excluding hydrogens is 304 g/mol. The van der Waals surface area contributed by atoms with E-state index in [2.05, 4.69) is 9.80 Å². The van der Waals surface area contributed by atoms with Crippen molar-refractivity contribution in [2.24, 2.45) is 0 Å². The van der Waals surface area contributed by atoms with Crippen molar-refractivity contribution in [3.8, 4) is 11.5 Å². The number of piperazine rings is 1. The highest BCUT2D eigenvalue weighted by Crippen LogP contribution is 2.29. The molecule has 1 atom stereocenters. The van der Waals surface area contributed by atoms with Crippen LogP contribution in [0.15, 0.2) is 18.2 Å². The summed E-state index contributed by atoms with van der Waals surface area (Å²) in [7, 11) is 1.65. The first-order chi connectivity index (χ1) is 11.7. The van der Waals surface area contributed by atoms with Crippen molar-refractivity contribution < 1.29 is 14.9 Å². The second kappa shape index (κ2) is 8.19. The fraction of sp³-hybridized carbons (Fsp3) is 0.684. The van der Waals surface area contributed by atoms with Gasteiger partial charge in [0, 0.05) is 50.4 Å². The van der Waals surface area contributed by atoms with Gasteiger partial charge in [-0.3, -0.25) is 9.80 Å². The predicted octanol–water partition coefficient (Wildman–Crippen LogP) is 2.21. The molecule has 2 fully saturated rings. The van der Waals surface area contributed by atoms with Gasteiger partial charge in [0.05, 0.1) is 7.11 Å². The minimum absolute atomic E-state index is 0.242. The number of nitrogens with zero attached hydrogens (tertiary/aromatic N) is 2. The Morgan fingerprint density at radius 3 is 2.71 bits per heavy atom. The fourth-order valence-electron chi connectivity index (χ4n) is 4.26. The van der Waals surface area contributed by atoms with Crippen molar-refractivity contribution in [3.05, 3.63) is 23.8 Å². The second-order valence-electron chi connectivity index (χ2n) is 7.07. The zero-order valence-electron chi connectivity index (χ0n) is 14.7. The van der Waals surface area contributed by atoms with Crippen molar-refractivity contribution in [3.63, 3.8) is 0 Å². The smallest absolute Gasteiger partial charge is 0.120 e. The van der Waals surface area contributed by atoms with Gasteiger partial charge >= 0.3 is 0 Å². The van der Waals surface area contributed by atoms with E-state index in [0.29, 0.717) is 17.8 Å². The molecule has 1 unspecified atom stereocenters. The zero-order chi connectivity index (χ0) is 16.9. The lowest BCUT2D eigenvalue weighted by Gasteiger charge is -2.44. The van der Waals surface area contributed by atoms with Crippen molar-refractivity contribution >= 4 is 0 Å². The Kier molecular flexibility index (Phi) is 5.98. The predicted molar refractivity (Wildman–Crippen MR) is 94.4 cm³/mol. The molecule has 2 aliphatic rings. The van der Waals surface area contributed by atoms with Gasteiger partial charge in [0.1, 0.15) is 11.5 Å². The molecule has 5 nitrogen and oxygen atoms in total. The van der Waals surface area contributed by atoms with Crippen LogP contribution in [0, 0.1) is 0 Å². The number of phenolic OH excluding ortho intramolecular Hbond substituents is 1. The molecule has 0 radical (unpaired) electrons. The Bertz CT molecular complexity index is 531. The van der Waals surface area contributed by atoms with Crippen LogP contribution in [0.5, 0.6) is 11.5 Å². The van der Waals surface area contributed by atoms with Crippen LogP contribution in [0.2, 0.25) is 0 Å². The van der Waals surface area contributed by atoms with E-state index in [1.807, 2.05) is 6.07 Å². The number of methoxy groups -OCH3 is 1. The first kappa shape index (κ1) is 17.5. The number of hydrogen-bond acceptors (Lipinski definition) is 5. The summed E-state index contributed by atoms with van der Waals surface area (Å²) in [4.78, 5) is 5.02. The van der Waals surface area contributed by atoms with Crippen LogP contribution < -0.4 is 4.74 Å². The fourth-order valence-corrected chi connectivity index (χ4v) is 4.26. The summed E-state index contributed by atoms with van der Waals surface area (Å²) in [6.45, 7) is 3.98. The summed E-state index contributed by atoms with van der Waals surface area (Å²) in [6, 6.07) is 6.52. The molecule has 0 bridgehead atoms. The molecule has 24 heavy (non-hydrogen) atoms. The average Bonchev–Trinajstić information content (AvgIpc) is 3.12. The van der Waals surface area contributed by atoms with Gasteiger partial charge in [-0.05, 0) is 37.5 Å². The Hall–Kier alpha value is -1.30. The van der Waals surface area contributed by atoms with Crippen LogP contribution >= 0.6 is 0 Å². The van der Waals surface area contributed by atoms with Gasteiger partial charge in [0.15, 0.2) is 0 Å². The maximum atomic E-state index is 10.1. The molecule has 2 N–H and O–H groups in total. The first-order valence-electron chi connectivity index (χ1n) is 9.16. The average molecular weight is 334 g/mol. The third-order valence-corrected chi connectivity index (χ3v) is 5.55. The molecule has 1 aromatic carbocycles. The summed E-state index contributed by atoms with van der Waals surface area (Å²) >= 11 is 0. The number of ether oxygens (including phenoxy) is 1. The Morgan fingerprint density at radius 1 is 1.21 bits per heavy atom. The van der Waals surface area contributed by atoms with E-state index in [0.717, 1.165) is 43.9 Å². The number of hydrogen-bond donors (Lipinski definition) is 2. The molecule has 1 heterocycles. The van der Waals surface area contributed by atoms with Crippen LogP contribution in [0.4, 0.5) is 0 Å². The minimum Gasteiger partial charge on any atom is -0.508 e. The second-order valence-corrected chi connectivity index (χ2v) is 7.07. The van der Waals surface area contributed by atoms with E-state index in [1.54, 1.807) is 19.2 Å². The monoisotopic (exact) mass is 334 g/mol. The van der Waals surface area contributed by atoms with Crippen LogP contribution in [0.25, 0.3) is 0 Å². The Balaban J connectivity index is 1.65. The molecule has 1 aliphatic heterocycles. The van der Waals surface area contributed by atoms with E-state index < -0.39 is 0 Å². The normalized spacial score (nSPS) is 23.7. The third kappa shape index (κ3) is 4.02. The number of benzene rings is 1. The lowest BCUT2D eigenvalue weighted by atomic mass is 10.0. The molecule has 1 aromatic rings. The van der Waals surface area contributed by atoms with E-state index in [1.165, 1.54) is 25.7 Å². The molecule has 134 valence electrons. The largest absolute Gasteiger partial charge is 0.508 e. The number of aromatic hydroxyl groups is 1. The first-order valence-corrected chi connectivity index (χ1v) is 9.16. The van der Waals surface area contributed by atoms with Crippen molar-refractivity contribution in [1.29, 1.82) is 0 Å². The molecule has 5 heteroatoms. The van der Waals surface area contributed by atoms with E-state index >= 15 is 0 Å². The van der Waals surface area contributed by atoms with Gasteiger partial charge < -0.3 is 14.9 Å². The minimum atomic E-state index is 0.242. The summed E-state index contributed by atoms with van der Waals surface area (Å²) in [5, 5.41) is 19.6. The molecule has 3 rings (SSSR count). The van der Waals surface area contributed by atoms with Crippen molar-refractivity contribution in [1.82, 2.24) is 9.80 Å². The number of phenols is 1. The Labute approximate surface area is 144 Å². The molecule has 1 aliphatic carbocycles. The number of rotatable bonds is 6. The standard InChI is InChI=1S/C19H30N2O3/c1-24-18-6-7-19(23)15(12-18)13-20-9-10-21(16-4-2-3-5-16)17(14-20)8-11-22/h6-7,12,16-17,22-23H,2-5,8-11,13-14H2,1H3. The highest BCUT2D eigenvalue weighted by molar-refractivity contribution is 5.39. The molecule has 0 amide bonds. The summed E-state index contributed by atoms with van der Waals surface area (Å²) in [5.41, 5.74) is 0.909. The van der Waals surface area contributed by atoms with Gasteiger partial charge in [0.2, 0.25) is 0 Å². The van der Waals surface area contributed by atoms with Gasteiger partial charge in [-0.25, -0.2) is 0 Å². The number of aliphatic hydroxyl groups is 1. The third-order valence-electron chi connectivity index (χ3n) is 5.55. The lowest BCUT2D eigenvalue weighted by Crippen LogP contribution is -2.56. The van der Waals surface area contributed by atoms with Crippen LogP contribution in [0.1, 0.15) is 37.7 Å². The van der Waals surface area contributed by atoms with Crippen LogP contribution in [-0.4, -0.2) is 65.4 Å². The van der Waals surface area contributed by atoms with Gasteiger partial charge in [-0.1, -0.05) is 12.8 Å². The summed E-state index contributed by atoms with van der Waals surface area (Å²) in [5.74, 6) is 1.10. The van der Waals surface area contributed by atoms with Crippen LogP contribution in [0.3, 0.4) is 0 Å². The van der Waals surface area contributed by atoms with Gasteiger partial charge in [0.25, 0.3) is 0 Å². The summed E-state index contributed by atoms with van der Waals surface area (Å²) < 4.78 is 5.27. The zero-order valence-corrected chi connectivity index (χ0v) is 14.7. The Morgan fingerprint density at radius 2 is 2.00 bits per heavy atom. The van der Waals surface area contributed by atoms with E-state index in [4.69, 9.17) is 4.74 Å². The maximum absolute atomic E-state index is 10.1. The molecule has 0 aromatic heterocycles. The number of aliphatic hydroxyl groups excluding tert-OH is 1. The topological polar surface area (TPSA) is 56.2 Å².